The van der Waals surface area contributed by atoms with Crippen LogP contribution in [-0.2, 0) is 6.54 Å². The summed E-state index contributed by atoms with van der Waals surface area (Å²) in [5, 5.41) is 12.4. The lowest BCUT2D eigenvalue weighted by atomic mass is 10.0. The summed E-state index contributed by atoms with van der Waals surface area (Å²) in [5.41, 5.74) is 7.84. The molecule has 0 unspecified atom stereocenters. The topological polar surface area (TPSA) is 75.8 Å². The van der Waals surface area contributed by atoms with Gasteiger partial charge in [-0.05, 0) is 85.2 Å². The van der Waals surface area contributed by atoms with E-state index < -0.39 is 0 Å². The molecule has 0 saturated heterocycles. The Bertz CT molecular complexity index is 1600. The number of anilines is 2. The number of aromatic nitrogens is 3. The van der Waals surface area contributed by atoms with E-state index in [-0.39, 0.29) is 0 Å². The van der Waals surface area contributed by atoms with Crippen molar-refractivity contribution < 1.29 is 4.74 Å². The molecule has 6 heteroatoms. The molecule has 37 heavy (non-hydrogen) atoms. The standard InChI is InChI=1S/C31H27N5O/c1-20-16-25(24-10-11-24)17-21(2)29(20)37-30-28-27(14-15-36(28)19-23-6-4-3-5-7-23)34-31(35-30)33-26-12-8-22(18-32)9-13-26/h3-9,12-17,24H,10-11,19H2,1-2H3,(H,33,34,35). The lowest BCUT2D eigenvalue weighted by Gasteiger charge is -2.16. The van der Waals surface area contributed by atoms with Crippen molar-refractivity contribution in [2.45, 2.75) is 39.2 Å². The maximum atomic E-state index is 9.10. The number of ether oxygens (including phenoxy) is 1. The van der Waals surface area contributed by atoms with Crippen molar-refractivity contribution in [2.75, 3.05) is 5.32 Å². The van der Waals surface area contributed by atoms with E-state index in [1.165, 1.54) is 24.0 Å². The van der Waals surface area contributed by atoms with Crippen molar-refractivity contribution >= 4 is 22.7 Å². The number of nitrogens with zero attached hydrogens (tertiary/aromatic N) is 4. The molecule has 5 aromatic rings. The Labute approximate surface area is 216 Å². The van der Waals surface area contributed by atoms with Crippen molar-refractivity contribution in [1.29, 1.82) is 5.26 Å². The second-order valence-corrected chi connectivity index (χ2v) is 9.69. The van der Waals surface area contributed by atoms with Gasteiger partial charge in [0.15, 0.2) is 0 Å². The number of fused-ring (bicyclic) bond motifs is 1. The molecule has 0 bridgehead atoms. The lowest BCUT2D eigenvalue weighted by molar-refractivity contribution is 0.458. The highest BCUT2D eigenvalue weighted by molar-refractivity contribution is 5.83. The van der Waals surface area contributed by atoms with Gasteiger partial charge in [0.1, 0.15) is 11.3 Å². The first-order valence-corrected chi connectivity index (χ1v) is 12.5. The van der Waals surface area contributed by atoms with Gasteiger partial charge in [-0.1, -0.05) is 42.5 Å². The number of aryl methyl sites for hydroxylation is 2. The van der Waals surface area contributed by atoms with E-state index in [0.29, 0.717) is 29.9 Å². The zero-order valence-corrected chi connectivity index (χ0v) is 20.9. The Morgan fingerprint density at radius 3 is 2.38 bits per heavy atom. The highest BCUT2D eigenvalue weighted by Gasteiger charge is 2.25. The minimum atomic E-state index is 0.439. The molecule has 1 aliphatic rings. The molecule has 1 saturated carbocycles. The zero-order valence-electron chi connectivity index (χ0n) is 20.9. The van der Waals surface area contributed by atoms with E-state index in [2.05, 4.69) is 54.1 Å². The largest absolute Gasteiger partial charge is 0.436 e. The van der Waals surface area contributed by atoms with Crippen LogP contribution in [0.5, 0.6) is 11.6 Å². The Kier molecular flexibility index (Phi) is 5.82. The number of nitrogens with one attached hydrogen (secondary N) is 1. The summed E-state index contributed by atoms with van der Waals surface area (Å²) in [6, 6.07) is 26.2. The predicted molar refractivity (Wildman–Crippen MR) is 145 cm³/mol. The molecule has 1 aliphatic carbocycles. The van der Waals surface area contributed by atoms with E-state index in [1.807, 2.05) is 42.6 Å². The maximum Gasteiger partial charge on any atom is 0.249 e. The summed E-state index contributed by atoms with van der Waals surface area (Å²) in [6.45, 7) is 4.89. The van der Waals surface area contributed by atoms with Crippen molar-refractivity contribution in [3.8, 4) is 17.7 Å². The molecule has 0 spiro atoms. The monoisotopic (exact) mass is 485 g/mol. The Morgan fingerprint density at radius 1 is 0.973 bits per heavy atom. The van der Waals surface area contributed by atoms with Gasteiger partial charge in [-0.15, -0.1) is 0 Å². The summed E-state index contributed by atoms with van der Waals surface area (Å²) in [5.74, 6) is 2.46. The van der Waals surface area contributed by atoms with Crippen molar-refractivity contribution in [3.05, 3.63) is 107 Å². The van der Waals surface area contributed by atoms with E-state index in [4.69, 9.17) is 20.0 Å². The second kappa shape index (κ2) is 9.44. The first-order chi connectivity index (χ1) is 18.1. The molecule has 0 amide bonds. The van der Waals surface area contributed by atoms with E-state index >= 15 is 0 Å². The summed E-state index contributed by atoms with van der Waals surface area (Å²) in [7, 11) is 0. The molecule has 0 radical (unpaired) electrons. The third-order valence-electron chi connectivity index (χ3n) is 6.77. The fraction of sp³-hybridized carbons (Fsp3) is 0.194. The lowest BCUT2D eigenvalue weighted by Crippen LogP contribution is -2.05. The van der Waals surface area contributed by atoms with Crippen LogP contribution in [0.2, 0.25) is 0 Å². The van der Waals surface area contributed by atoms with Crippen LogP contribution in [0, 0.1) is 25.2 Å². The molecule has 1 fully saturated rings. The zero-order chi connectivity index (χ0) is 25.4. The average Bonchev–Trinajstić information content (AvgIpc) is 3.69. The summed E-state index contributed by atoms with van der Waals surface area (Å²) in [4.78, 5) is 9.61. The van der Waals surface area contributed by atoms with E-state index in [0.717, 1.165) is 33.6 Å². The van der Waals surface area contributed by atoms with Crippen LogP contribution in [0.3, 0.4) is 0 Å². The molecule has 1 N–H and O–H groups in total. The normalized spacial score (nSPS) is 12.9. The molecule has 3 aromatic carbocycles. The minimum Gasteiger partial charge on any atom is -0.436 e. The molecule has 2 heterocycles. The van der Waals surface area contributed by atoms with Gasteiger partial charge in [-0.2, -0.15) is 10.2 Å². The third kappa shape index (κ3) is 4.76. The van der Waals surface area contributed by atoms with Crippen LogP contribution < -0.4 is 10.1 Å². The first kappa shape index (κ1) is 22.8. The third-order valence-corrected chi connectivity index (χ3v) is 6.77. The Hall–Kier alpha value is -4.63. The van der Waals surface area contributed by atoms with Gasteiger partial charge in [0.05, 0.1) is 17.1 Å². The average molecular weight is 486 g/mol. The van der Waals surface area contributed by atoms with E-state index in [1.54, 1.807) is 12.1 Å². The molecular weight excluding hydrogens is 458 g/mol. The van der Waals surface area contributed by atoms with Gasteiger partial charge in [-0.25, -0.2) is 4.98 Å². The summed E-state index contributed by atoms with van der Waals surface area (Å²) in [6.07, 6.45) is 4.56. The number of benzene rings is 3. The quantitative estimate of drug-likeness (QED) is 0.260. The van der Waals surface area contributed by atoms with Crippen LogP contribution in [0.4, 0.5) is 11.6 Å². The Balaban J connectivity index is 1.42. The molecule has 2 aromatic heterocycles. The van der Waals surface area contributed by atoms with Crippen molar-refractivity contribution in [3.63, 3.8) is 0 Å². The maximum absolute atomic E-state index is 9.10. The van der Waals surface area contributed by atoms with Gasteiger partial charge in [0.25, 0.3) is 0 Å². The summed E-state index contributed by atoms with van der Waals surface area (Å²) < 4.78 is 8.74. The highest BCUT2D eigenvalue weighted by atomic mass is 16.5. The Morgan fingerprint density at radius 2 is 1.70 bits per heavy atom. The second-order valence-electron chi connectivity index (χ2n) is 9.69. The molecule has 6 rings (SSSR count). The van der Waals surface area contributed by atoms with Gasteiger partial charge < -0.3 is 14.6 Å². The van der Waals surface area contributed by atoms with Crippen LogP contribution in [0.1, 0.15) is 46.6 Å². The fourth-order valence-corrected chi connectivity index (χ4v) is 4.76. The van der Waals surface area contributed by atoms with Crippen LogP contribution in [0.15, 0.2) is 79.0 Å². The van der Waals surface area contributed by atoms with Gasteiger partial charge in [0, 0.05) is 18.4 Å². The number of hydrogen-bond acceptors (Lipinski definition) is 5. The first-order valence-electron chi connectivity index (χ1n) is 12.5. The highest BCUT2D eigenvalue weighted by Crippen LogP contribution is 2.43. The van der Waals surface area contributed by atoms with Crippen LogP contribution >= 0.6 is 0 Å². The van der Waals surface area contributed by atoms with Gasteiger partial charge in [0.2, 0.25) is 11.8 Å². The van der Waals surface area contributed by atoms with Crippen molar-refractivity contribution in [2.24, 2.45) is 0 Å². The minimum absolute atomic E-state index is 0.439. The molecular formula is C31H27N5O. The number of hydrogen-bond donors (Lipinski definition) is 1. The van der Waals surface area contributed by atoms with Gasteiger partial charge in [-0.3, -0.25) is 0 Å². The molecule has 6 nitrogen and oxygen atoms in total. The SMILES string of the molecule is Cc1cc(C2CC2)cc(C)c1Oc1nc(Nc2ccc(C#N)cc2)nc2ccn(Cc3ccccc3)c12. The molecule has 0 aliphatic heterocycles. The smallest absolute Gasteiger partial charge is 0.249 e. The van der Waals surface area contributed by atoms with Crippen LogP contribution in [0.25, 0.3) is 11.0 Å². The molecule has 0 atom stereocenters. The number of nitriles is 1. The van der Waals surface area contributed by atoms with E-state index in [9.17, 15) is 0 Å². The van der Waals surface area contributed by atoms with Gasteiger partial charge >= 0.3 is 0 Å². The summed E-state index contributed by atoms with van der Waals surface area (Å²) >= 11 is 0. The van der Waals surface area contributed by atoms with Crippen molar-refractivity contribution in [1.82, 2.24) is 14.5 Å². The van der Waals surface area contributed by atoms with Crippen LogP contribution in [-0.4, -0.2) is 14.5 Å². The molecule has 182 valence electrons. The number of rotatable bonds is 7. The predicted octanol–water partition coefficient (Wildman–Crippen LogP) is 7.38. The fourth-order valence-electron chi connectivity index (χ4n) is 4.76.